The van der Waals surface area contributed by atoms with E-state index in [1.807, 2.05) is 0 Å². The van der Waals surface area contributed by atoms with Gasteiger partial charge in [-0.2, -0.15) is 0 Å². The Morgan fingerprint density at radius 1 is 1.62 bits per heavy atom. The zero-order valence-corrected chi connectivity index (χ0v) is 6.86. The maximum Gasteiger partial charge on any atom is 0.339 e. The minimum absolute atomic E-state index is 0.0233. The molecule has 1 aromatic rings. The summed E-state index contributed by atoms with van der Waals surface area (Å²) in [6.45, 7) is -0.0610. The average Bonchev–Trinajstić information content (AvgIpc) is 2.14. The number of benzene rings is 1. The van der Waals surface area contributed by atoms with Crippen LogP contribution in [-0.4, -0.2) is 17.7 Å². The van der Waals surface area contributed by atoms with E-state index >= 15 is 0 Å². The van der Waals surface area contributed by atoms with Gasteiger partial charge in [0, 0.05) is 0 Å². The van der Waals surface area contributed by atoms with Crippen LogP contribution in [0.15, 0.2) is 24.3 Å². The van der Waals surface area contributed by atoms with E-state index < -0.39 is 5.97 Å². The number of carbonyl (C=O) groups excluding carboxylic acids is 1. The third-order valence-corrected chi connectivity index (χ3v) is 1.37. The van der Waals surface area contributed by atoms with Crippen molar-refractivity contribution in [2.45, 2.75) is 0 Å². The van der Waals surface area contributed by atoms with E-state index in [1.54, 1.807) is 12.1 Å². The van der Waals surface area contributed by atoms with Crippen molar-refractivity contribution in [2.75, 3.05) is 6.61 Å². The molecular weight excluding hydrogens is 168 g/mol. The van der Waals surface area contributed by atoms with Crippen molar-refractivity contribution in [2.24, 2.45) is 0 Å². The van der Waals surface area contributed by atoms with Crippen molar-refractivity contribution in [3.8, 4) is 18.1 Å². The van der Waals surface area contributed by atoms with Gasteiger partial charge in [-0.1, -0.05) is 12.0 Å². The first kappa shape index (κ1) is 9.14. The molecule has 0 atom stereocenters. The summed E-state index contributed by atoms with van der Waals surface area (Å²) in [4.78, 5) is 11.1. The molecule has 3 nitrogen and oxygen atoms in total. The zero-order chi connectivity index (χ0) is 9.68. The van der Waals surface area contributed by atoms with E-state index in [4.69, 9.17) is 11.5 Å². The summed E-state index contributed by atoms with van der Waals surface area (Å²) in [7, 11) is 0. The van der Waals surface area contributed by atoms with Crippen LogP contribution in [0.1, 0.15) is 10.4 Å². The smallest absolute Gasteiger partial charge is 0.339 e. The van der Waals surface area contributed by atoms with Crippen molar-refractivity contribution in [1.29, 1.82) is 0 Å². The van der Waals surface area contributed by atoms with Gasteiger partial charge in [-0.15, -0.1) is 6.42 Å². The number of carbonyl (C=O) groups is 1. The second-order valence-corrected chi connectivity index (χ2v) is 2.33. The molecule has 0 saturated carbocycles. The standard InChI is InChI=1S/C10H8O3/c1-2-6-13-10(12)8-4-3-5-9(11)7-8/h1,3-5,7,11H,6H2. The van der Waals surface area contributed by atoms with Crippen LogP contribution in [-0.2, 0) is 4.74 Å². The molecule has 0 aliphatic carbocycles. The molecule has 0 aliphatic heterocycles. The van der Waals surface area contributed by atoms with Gasteiger partial charge in [0.05, 0.1) is 5.56 Å². The summed E-state index contributed by atoms with van der Waals surface area (Å²) in [5, 5.41) is 9.04. The lowest BCUT2D eigenvalue weighted by atomic mass is 10.2. The molecule has 1 aromatic carbocycles. The third-order valence-electron chi connectivity index (χ3n) is 1.37. The maximum absolute atomic E-state index is 11.1. The van der Waals surface area contributed by atoms with E-state index in [1.165, 1.54) is 12.1 Å². The van der Waals surface area contributed by atoms with Crippen molar-refractivity contribution in [3.63, 3.8) is 0 Å². The number of terminal acetylenes is 1. The van der Waals surface area contributed by atoms with E-state index in [0.29, 0.717) is 0 Å². The third kappa shape index (κ3) is 2.53. The molecule has 0 spiro atoms. The van der Waals surface area contributed by atoms with Gasteiger partial charge in [0.25, 0.3) is 0 Å². The highest BCUT2D eigenvalue weighted by Gasteiger charge is 2.05. The Hall–Kier alpha value is -1.95. The Balaban J connectivity index is 2.72. The van der Waals surface area contributed by atoms with Crippen molar-refractivity contribution in [3.05, 3.63) is 29.8 Å². The van der Waals surface area contributed by atoms with Gasteiger partial charge in [0.1, 0.15) is 5.75 Å². The van der Waals surface area contributed by atoms with Gasteiger partial charge >= 0.3 is 5.97 Å². The van der Waals surface area contributed by atoms with Crippen LogP contribution in [0, 0.1) is 12.3 Å². The number of hydrogen-bond donors (Lipinski definition) is 1. The summed E-state index contributed by atoms with van der Waals surface area (Å²) >= 11 is 0. The Morgan fingerprint density at radius 3 is 3.00 bits per heavy atom. The van der Waals surface area contributed by atoms with Crippen molar-refractivity contribution in [1.82, 2.24) is 0 Å². The lowest BCUT2D eigenvalue weighted by molar-refractivity contribution is 0.0556. The predicted octanol–water partition coefficient (Wildman–Crippen LogP) is 1.18. The molecule has 0 amide bonds. The van der Waals surface area contributed by atoms with Gasteiger partial charge in [0.15, 0.2) is 6.61 Å². The summed E-state index contributed by atoms with van der Waals surface area (Å²) in [6.07, 6.45) is 4.91. The second kappa shape index (κ2) is 4.17. The molecule has 13 heavy (non-hydrogen) atoms. The molecule has 0 aromatic heterocycles. The Labute approximate surface area is 76.0 Å². The molecule has 0 heterocycles. The van der Waals surface area contributed by atoms with Crippen molar-refractivity contribution >= 4 is 5.97 Å². The highest BCUT2D eigenvalue weighted by atomic mass is 16.5. The fraction of sp³-hybridized carbons (Fsp3) is 0.100. The Morgan fingerprint density at radius 2 is 2.38 bits per heavy atom. The minimum Gasteiger partial charge on any atom is -0.508 e. The molecule has 3 heteroatoms. The first-order valence-corrected chi connectivity index (χ1v) is 3.63. The number of aromatic hydroxyl groups is 1. The van der Waals surface area contributed by atoms with Crippen molar-refractivity contribution < 1.29 is 14.6 Å². The van der Waals surface area contributed by atoms with E-state index in [2.05, 4.69) is 10.7 Å². The van der Waals surface area contributed by atoms with E-state index in [9.17, 15) is 4.79 Å². The maximum atomic E-state index is 11.1. The number of esters is 1. The molecule has 0 unspecified atom stereocenters. The molecule has 0 fully saturated rings. The first-order chi connectivity index (χ1) is 6.24. The zero-order valence-electron chi connectivity index (χ0n) is 6.86. The van der Waals surface area contributed by atoms with Crippen LogP contribution in [0.2, 0.25) is 0 Å². The van der Waals surface area contributed by atoms with E-state index in [0.717, 1.165) is 0 Å². The van der Waals surface area contributed by atoms with Crippen LogP contribution in [0.5, 0.6) is 5.75 Å². The van der Waals surface area contributed by atoms with Gasteiger partial charge < -0.3 is 9.84 Å². The van der Waals surface area contributed by atoms with Gasteiger partial charge in [0.2, 0.25) is 0 Å². The minimum atomic E-state index is -0.533. The number of phenols is 1. The molecule has 66 valence electrons. The number of ether oxygens (including phenoxy) is 1. The predicted molar refractivity (Wildman–Crippen MR) is 47.2 cm³/mol. The molecular formula is C10H8O3. The van der Waals surface area contributed by atoms with Gasteiger partial charge in [-0.3, -0.25) is 0 Å². The topological polar surface area (TPSA) is 46.5 Å². The highest BCUT2D eigenvalue weighted by molar-refractivity contribution is 5.89. The molecule has 0 radical (unpaired) electrons. The Bertz CT molecular complexity index is 349. The van der Waals surface area contributed by atoms with Crippen LogP contribution in [0.25, 0.3) is 0 Å². The number of phenolic OH excluding ortho intramolecular Hbond substituents is 1. The lowest BCUT2D eigenvalue weighted by Crippen LogP contribution is -2.04. The van der Waals surface area contributed by atoms with Gasteiger partial charge in [-0.25, -0.2) is 4.79 Å². The molecule has 0 saturated heterocycles. The summed E-state index contributed by atoms with van der Waals surface area (Å²) in [5.41, 5.74) is 0.287. The van der Waals surface area contributed by atoms with Crippen LogP contribution in [0.3, 0.4) is 0 Å². The summed E-state index contributed by atoms with van der Waals surface area (Å²) in [5.74, 6) is 1.67. The monoisotopic (exact) mass is 176 g/mol. The highest BCUT2D eigenvalue weighted by Crippen LogP contribution is 2.11. The summed E-state index contributed by atoms with van der Waals surface area (Å²) < 4.78 is 4.65. The number of hydrogen-bond acceptors (Lipinski definition) is 3. The lowest BCUT2D eigenvalue weighted by Gasteiger charge is -2.00. The molecule has 1 rings (SSSR count). The normalized spacial score (nSPS) is 8.85. The van der Waals surface area contributed by atoms with Gasteiger partial charge in [-0.05, 0) is 18.2 Å². The molecule has 0 aliphatic rings. The quantitative estimate of drug-likeness (QED) is 0.543. The Kier molecular flexibility index (Phi) is 2.93. The molecule has 0 bridgehead atoms. The molecule has 1 N–H and O–H groups in total. The number of rotatable bonds is 2. The van der Waals surface area contributed by atoms with Crippen LogP contribution in [0.4, 0.5) is 0 Å². The SMILES string of the molecule is C#CCOC(=O)c1cccc(O)c1. The summed E-state index contributed by atoms with van der Waals surface area (Å²) in [6, 6.07) is 5.89. The second-order valence-electron chi connectivity index (χ2n) is 2.33. The fourth-order valence-corrected chi connectivity index (χ4v) is 0.823. The van der Waals surface area contributed by atoms with Crippen LogP contribution < -0.4 is 0 Å². The first-order valence-electron chi connectivity index (χ1n) is 3.63. The fourth-order valence-electron chi connectivity index (χ4n) is 0.823. The largest absolute Gasteiger partial charge is 0.508 e. The average molecular weight is 176 g/mol. The van der Waals surface area contributed by atoms with E-state index in [-0.39, 0.29) is 17.9 Å². The van der Waals surface area contributed by atoms with Crippen LogP contribution >= 0.6 is 0 Å².